The molecule has 1 aromatic rings. The lowest BCUT2D eigenvalue weighted by atomic mass is 10.0. The van der Waals surface area contributed by atoms with Gasteiger partial charge in [0.05, 0.1) is 0 Å². The number of hydrogen-bond acceptors (Lipinski definition) is 2. The quantitative estimate of drug-likeness (QED) is 0.859. The summed E-state index contributed by atoms with van der Waals surface area (Å²) in [6.45, 7) is 4.97. The smallest absolute Gasteiger partial charge is 0.0406 e. The van der Waals surface area contributed by atoms with Gasteiger partial charge in [-0.2, -0.15) is 0 Å². The molecular weight excluding hydrogens is 208 g/mol. The molecular formula is C15H22N2. The molecule has 2 aliphatic heterocycles. The van der Waals surface area contributed by atoms with Gasteiger partial charge in [-0.3, -0.25) is 0 Å². The van der Waals surface area contributed by atoms with Crippen molar-refractivity contribution in [3.8, 4) is 0 Å². The van der Waals surface area contributed by atoms with Crippen LogP contribution >= 0.6 is 0 Å². The van der Waals surface area contributed by atoms with E-state index in [9.17, 15) is 0 Å². The number of nitrogens with one attached hydrogen (secondary N) is 1. The summed E-state index contributed by atoms with van der Waals surface area (Å²) in [5, 5.41) is 3.54. The second-order valence-corrected chi connectivity index (χ2v) is 5.28. The third-order valence-electron chi connectivity index (χ3n) is 4.08. The molecule has 1 saturated heterocycles. The fraction of sp³-hybridized carbons (Fsp3) is 0.600. The maximum Gasteiger partial charge on any atom is 0.0406 e. The van der Waals surface area contributed by atoms with Crippen molar-refractivity contribution in [2.75, 3.05) is 31.5 Å². The van der Waals surface area contributed by atoms with E-state index in [4.69, 9.17) is 0 Å². The van der Waals surface area contributed by atoms with Crippen molar-refractivity contribution in [1.82, 2.24) is 4.90 Å². The molecule has 2 heteroatoms. The highest BCUT2D eigenvalue weighted by Crippen LogP contribution is 2.26. The Hall–Kier alpha value is -1.02. The van der Waals surface area contributed by atoms with Crippen LogP contribution in [0.15, 0.2) is 18.2 Å². The molecule has 0 aromatic heterocycles. The van der Waals surface area contributed by atoms with Crippen molar-refractivity contribution in [3.63, 3.8) is 0 Å². The van der Waals surface area contributed by atoms with Crippen molar-refractivity contribution >= 4 is 5.69 Å². The van der Waals surface area contributed by atoms with Crippen LogP contribution in [0.1, 0.15) is 30.4 Å². The number of fused-ring (bicyclic) bond motifs is 1. The van der Waals surface area contributed by atoms with Gasteiger partial charge in [-0.15, -0.1) is 0 Å². The van der Waals surface area contributed by atoms with Gasteiger partial charge in [-0.05, 0) is 49.9 Å². The number of hydrogen-bond donors (Lipinski definition) is 1. The Labute approximate surface area is 104 Å². The Balaban J connectivity index is 1.63. The molecule has 0 unspecified atom stereocenters. The van der Waals surface area contributed by atoms with Gasteiger partial charge in [0.15, 0.2) is 0 Å². The Morgan fingerprint density at radius 1 is 1.12 bits per heavy atom. The molecule has 2 aliphatic rings. The highest BCUT2D eigenvalue weighted by Gasteiger charge is 2.15. The number of likely N-dealkylation sites (tertiary alicyclic amines) is 1. The molecule has 17 heavy (non-hydrogen) atoms. The van der Waals surface area contributed by atoms with E-state index in [-0.39, 0.29) is 0 Å². The van der Waals surface area contributed by atoms with E-state index in [2.05, 4.69) is 28.4 Å². The average molecular weight is 230 g/mol. The molecule has 0 bridgehead atoms. The summed E-state index contributed by atoms with van der Waals surface area (Å²) in [4.78, 5) is 2.62. The first-order chi connectivity index (χ1) is 8.43. The lowest BCUT2D eigenvalue weighted by Crippen LogP contribution is -2.31. The van der Waals surface area contributed by atoms with Crippen LogP contribution in [0.25, 0.3) is 0 Å². The number of rotatable bonds is 3. The summed E-state index contributed by atoms with van der Waals surface area (Å²) in [6.07, 6.45) is 6.62. The van der Waals surface area contributed by atoms with E-state index < -0.39 is 0 Å². The van der Waals surface area contributed by atoms with Gasteiger partial charge in [0.1, 0.15) is 0 Å². The first-order valence-electron chi connectivity index (χ1n) is 7.00. The van der Waals surface area contributed by atoms with E-state index in [0.29, 0.717) is 0 Å². The molecule has 0 radical (unpaired) electrons. The van der Waals surface area contributed by atoms with E-state index in [0.717, 1.165) is 6.54 Å². The van der Waals surface area contributed by atoms with Crippen molar-refractivity contribution in [3.05, 3.63) is 29.3 Å². The predicted octanol–water partition coefficient (Wildman–Crippen LogP) is 2.68. The standard InChI is InChI=1S/C15H22N2/c1-2-10-17(11-3-1)12-8-14-6-4-5-13-7-9-16-15(13)14/h4-6,16H,1-3,7-12H2. The summed E-state index contributed by atoms with van der Waals surface area (Å²) >= 11 is 0. The van der Waals surface area contributed by atoms with Crippen LogP contribution < -0.4 is 5.32 Å². The van der Waals surface area contributed by atoms with Gasteiger partial charge < -0.3 is 10.2 Å². The number of nitrogens with zero attached hydrogens (tertiary/aromatic N) is 1. The molecule has 3 rings (SSSR count). The second kappa shape index (κ2) is 5.09. The maximum atomic E-state index is 3.54. The maximum absolute atomic E-state index is 3.54. The van der Waals surface area contributed by atoms with Crippen LogP contribution in [0.3, 0.4) is 0 Å². The zero-order chi connectivity index (χ0) is 11.5. The van der Waals surface area contributed by atoms with Crippen molar-refractivity contribution in [2.45, 2.75) is 32.1 Å². The Morgan fingerprint density at radius 3 is 2.88 bits per heavy atom. The van der Waals surface area contributed by atoms with Crippen LogP contribution in [-0.4, -0.2) is 31.1 Å². The summed E-state index contributed by atoms with van der Waals surface area (Å²) in [5.41, 5.74) is 4.47. The summed E-state index contributed by atoms with van der Waals surface area (Å²) < 4.78 is 0. The molecule has 1 aromatic carbocycles. The molecule has 0 spiro atoms. The van der Waals surface area contributed by atoms with Crippen LogP contribution in [-0.2, 0) is 12.8 Å². The normalized spacial score (nSPS) is 20.0. The number of benzene rings is 1. The molecule has 0 saturated carbocycles. The van der Waals surface area contributed by atoms with Gasteiger partial charge in [0.2, 0.25) is 0 Å². The molecule has 2 heterocycles. The number of para-hydroxylation sites is 1. The first kappa shape index (κ1) is 11.1. The van der Waals surface area contributed by atoms with Gasteiger partial charge in [0, 0.05) is 18.8 Å². The molecule has 2 nitrogen and oxygen atoms in total. The highest BCUT2D eigenvalue weighted by molar-refractivity contribution is 5.61. The minimum Gasteiger partial charge on any atom is -0.384 e. The van der Waals surface area contributed by atoms with E-state index in [1.54, 1.807) is 0 Å². The van der Waals surface area contributed by atoms with Gasteiger partial charge in [-0.25, -0.2) is 0 Å². The molecule has 0 amide bonds. The van der Waals surface area contributed by atoms with Crippen molar-refractivity contribution in [2.24, 2.45) is 0 Å². The fourth-order valence-electron chi connectivity index (χ4n) is 3.08. The molecule has 1 N–H and O–H groups in total. The van der Waals surface area contributed by atoms with Crippen LogP contribution in [0.4, 0.5) is 5.69 Å². The molecule has 1 fully saturated rings. The van der Waals surface area contributed by atoms with E-state index in [1.807, 2.05) is 0 Å². The fourth-order valence-corrected chi connectivity index (χ4v) is 3.08. The third-order valence-corrected chi connectivity index (χ3v) is 4.08. The predicted molar refractivity (Wildman–Crippen MR) is 72.6 cm³/mol. The number of piperidine rings is 1. The molecule has 0 atom stereocenters. The van der Waals surface area contributed by atoms with Gasteiger partial charge >= 0.3 is 0 Å². The third kappa shape index (κ3) is 2.47. The SMILES string of the molecule is c1cc2c(c(CCN3CCCCC3)c1)NCC2. The first-order valence-corrected chi connectivity index (χ1v) is 7.00. The zero-order valence-corrected chi connectivity index (χ0v) is 10.5. The monoisotopic (exact) mass is 230 g/mol. The van der Waals surface area contributed by atoms with Crippen LogP contribution in [0.2, 0.25) is 0 Å². The van der Waals surface area contributed by atoms with E-state index in [1.165, 1.54) is 68.6 Å². The Kier molecular flexibility index (Phi) is 3.32. The Bertz CT molecular complexity index is 381. The minimum atomic E-state index is 1.12. The average Bonchev–Trinajstić information content (AvgIpc) is 2.86. The lowest BCUT2D eigenvalue weighted by Gasteiger charge is -2.26. The van der Waals surface area contributed by atoms with E-state index >= 15 is 0 Å². The second-order valence-electron chi connectivity index (χ2n) is 5.28. The zero-order valence-electron chi connectivity index (χ0n) is 10.5. The van der Waals surface area contributed by atoms with Crippen LogP contribution in [0.5, 0.6) is 0 Å². The van der Waals surface area contributed by atoms with Crippen molar-refractivity contribution < 1.29 is 0 Å². The summed E-state index contributed by atoms with van der Waals surface area (Å²) in [5.74, 6) is 0. The minimum absolute atomic E-state index is 1.12. The van der Waals surface area contributed by atoms with Gasteiger partial charge in [-0.1, -0.05) is 24.6 Å². The molecule has 0 aliphatic carbocycles. The topological polar surface area (TPSA) is 15.3 Å². The summed E-state index contributed by atoms with van der Waals surface area (Å²) in [7, 11) is 0. The number of anilines is 1. The lowest BCUT2D eigenvalue weighted by molar-refractivity contribution is 0.231. The van der Waals surface area contributed by atoms with Gasteiger partial charge in [0.25, 0.3) is 0 Å². The summed E-state index contributed by atoms with van der Waals surface area (Å²) in [6, 6.07) is 6.78. The largest absolute Gasteiger partial charge is 0.384 e. The van der Waals surface area contributed by atoms with Crippen molar-refractivity contribution in [1.29, 1.82) is 0 Å². The van der Waals surface area contributed by atoms with Crippen LogP contribution in [0, 0.1) is 0 Å². The highest BCUT2D eigenvalue weighted by atomic mass is 15.1. The molecule has 92 valence electrons. The Morgan fingerprint density at radius 2 is 2.00 bits per heavy atom.